The Labute approximate surface area is 113 Å². The van der Waals surface area contributed by atoms with Gasteiger partial charge in [0.15, 0.2) is 11.5 Å². The molecule has 0 fully saturated rings. The van der Waals surface area contributed by atoms with Gasteiger partial charge in [-0.25, -0.2) is 0 Å². The summed E-state index contributed by atoms with van der Waals surface area (Å²) in [5.74, 6) is 1.77. The smallest absolute Gasteiger partial charge is 0.312 e. The summed E-state index contributed by atoms with van der Waals surface area (Å²) in [5, 5.41) is 4.08. The second-order valence-corrected chi connectivity index (χ2v) is 5.31. The summed E-state index contributed by atoms with van der Waals surface area (Å²) in [5.41, 5.74) is 2.13. The fourth-order valence-electron chi connectivity index (χ4n) is 2.51. The first-order valence-electron chi connectivity index (χ1n) is 5.97. The molecule has 19 heavy (non-hydrogen) atoms. The van der Waals surface area contributed by atoms with Gasteiger partial charge in [0.05, 0.1) is 6.42 Å². The number of esters is 1. The summed E-state index contributed by atoms with van der Waals surface area (Å²) in [6, 6.07) is 5.71. The Kier molecular flexibility index (Phi) is 2.29. The second kappa shape index (κ2) is 3.99. The molecule has 2 aromatic rings. The highest BCUT2D eigenvalue weighted by atomic mass is 32.1. The van der Waals surface area contributed by atoms with E-state index in [1.807, 2.05) is 17.5 Å². The van der Waals surface area contributed by atoms with Gasteiger partial charge in [0.25, 0.3) is 0 Å². The summed E-state index contributed by atoms with van der Waals surface area (Å²) in [4.78, 5) is 11.7. The molecule has 96 valence electrons. The molecule has 1 aromatic carbocycles. The van der Waals surface area contributed by atoms with Crippen LogP contribution in [0, 0.1) is 0 Å². The third kappa shape index (κ3) is 1.69. The Morgan fingerprint density at radius 2 is 2.00 bits per heavy atom. The van der Waals surface area contributed by atoms with Crippen LogP contribution in [0.15, 0.2) is 29.0 Å². The molecule has 0 aliphatic carbocycles. The topological polar surface area (TPSA) is 44.8 Å². The van der Waals surface area contributed by atoms with Gasteiger partial charge in [0.1, 0.15) is 5.75 Å². The fraction of sp³-hybridized carbons (Fsp3) is 0.214. The van der Waals surface area contributed by atoms with Gasteiger partial charge in [-0.05, 0) is 28.5 Å². The maximum absolute atomic E-state index is 11.7. The van der Waals surface area contributed by atoms with Crippen LogP contribution in [-0.4, -0.2) is 12.8 Å². The number of ether oxygens (including phenoxy) is 3. The first-order valence-corrected chi connectivity index (χ1v) is 6.92. The van der Waals surface area contributed by atoms with Gasteiger partial charge in [-0.1, -0.05) is 0 Å². The van der Waals surface area contributed by atoms with E-state index >= 15 is 0 Å². The molecule has 0 saturated heterocycles. The van der Waals surface area contributed by atoms with E-state index in [0.29, 0.717) is 17.9 Å². The molecule has 3 heterocycles. The van der Waals surface area contributed by atoms with Gasteiger partial charge in [-0.3, -0.25) is 4.79 Å². The lowest BCUT2D eigenvalue weighted by molar-refractivity contribution is -0.135. The maximum Gasteiger partial charge on any atom is 0.312 e. The van der Waals surface area contributed by atoms with Gasteiger partial charge in [0.2, 0.25) is 6.79 Å². The number of thiophene rings is 1. The standard InChI is InChI=1S/C14H10O4S/c15-14-4-9(8-1-2-19-6-8)10-3-12-13(17-7-16-12)5-11(10)18-14/h1-3,5-6,9H,4,7H2. The zero-order valence-electron chi connectivity index (χ0n) is 9.92. The first-order chi connectivity index (χ1) is 9.31. The predicted octanol–water partition coefficient (Wildman–Crippen LogP) is 2.92. The van der Waals surface area contributed by atoms with Crippen LogP contribution in [0.3, 0.4) is 0 Å². The summed E-state index contributed by atoms with van der Waals surface area (Å²) in [7, 11) is 0. The molecule has 0 bridgehead atoms. The molecule has 0 N–H and O–H groups in total. The van der Waals surface area contributed by atoms with Crippen molar-refractivity contribution in [3.63, 3.8) is 0 Å². The van der Waals surface area contributed by atoms with Crippen molar-refractivity contribution in [1.82, 2.24) is 0 Å². The van der Waals surface area contributed by atoms with Crippen LogP contribution in [0.2, 0.25) is 0 Å². The molecule has 1 aromatic heterocycles. The van der Waals surface area contributed by atoms with Crippen molar-refractivity contribution >= 4 is 17.3 Å². The molecule has 0 amide bonds. The zero-order valence-corrected chi connectivity index (χ0v) is 10.7. The lowest BCUT2D eigenvalue weighted by atomic mass is 9.88. The van der Waals surface area contributed by atoms with E-state index in [1.165, 1.54) is 0 Å². The van der Waals surface area contributed by atoms with Gasteiger partial charge in [-0.2, -0.15) is 11.3 Å². The second-order valence-electron chi connectivity index (χ2n) is 4.53. The number of carbonyl (C=O) groups is 1. The summed E-state index contributed by atoms with van der Waals surface area (Å²) >= 11 is 1.63. The Bertz CT molecular complexity index is 648. The first kappa shape index (κ1) is 10.9. The lowest BCUT2D eigenvalue weighted by Gasteiger charge is -2.24. The summed E-state index contributed by atoms with van der Waals surface area (Å²) in [6.45, 7) is 0.218. The molecule has 1 unspecified atom stereocenters. The van der Waals surface area contributed by atoms with Crippen LogP contribution in [0.25, 0.3) is 0 Å². The van der Waals surface area contributed by atoms with Crippen molar-refractivity contribution in [2.45, 2.75) is 12.3 Å². The van der Waals surface area contributed by atoms with Crippen LogP contribution >= 0.6 is 11.3 Å². The average molecular weight is 274 g/mol. The molecule has 2 aliphatic heterocycles. The van der Waals surface area contributed by atoms with Crippen molar-refractivity contribution in [3.05, 3.63) is 40.1 Å². The van der Waals surface area contributed by atoms with Crippen LogP contribution in [0.5, 0.6) is 17.2 Å². The molecule has 1 atom stereocenters. The molecular formula is C14H10O4S. The molecule has 0 spiro atoms. The number of hydrogen-bond acceptors (Lipinski definition) is 5. The van der Waals surface area contributed by atoms with E-state index in [0.717, 1.165) is 16.9 Å². The van der Waals surface area contributed by atoms with E-state index in [9.17, 15) is 4.79 Å². The molecule has 0 saturated carbocycles. The summed E-state index contributed by atoms with van der Waals surface area (Å²) < 4.78 is 16.0. The monoisotopic (exact) mass is 274 g/mol. The van der Waals surface area contributed by atoms with Crippen molar-refractivity contribution in [2.75, 3.05) is 6.79 Å². The third-order valence-electron chi connectivity index (χ3n) is 3.42. The minimum Gasteiger partial charge on any atom is -0.454 e. The van der Waals surface area contributed by atoms with Crippen molar-refractivity contribution in [3.8, 4) is 17.2 Å². The van der Waals surface area contributed by atoms with Crippen molar-refractivity contribution in [1.29, 1.82) is 0 Å². The Morgan fingerprint density at radius 1 is 1.16 bits per heavy atom. The van der Waals surface area contributed by atoms with E-state index < -0.39 is 0 Å². The largest absolute Gasteiger partial charge is 0.454 e. The van der Waals surface area contributed by atoms with Crippen LogP contribution < -0.4 is 14.2 Å². The highest BCUT2D eigenvalue weighted by Crippen LogP contribution is 2.46. The Hall–Kier alpha value is -2.01. The number of fused-ring (bicyclic) bond motifs is 2. The molecule has 0 radical (unpaired) electrons. The van der Waals surface area contributed by atoms with E-state index in [1.54, 1.807) is 17.4 Å². The van der Waals surface area contributed by atoms with Crippen molar-refractivity contribution < 1.29 is 19.0 Å². The van der Waals surface area contributed by atoms with Crippen molar-refractivity contribution in [2.24, 2.45) is 0 Å². The quantitative estimate of drug-likeness (QED) is 0.592. The molecule has 4 rings (SSSR count). The van der Waals surface area contributed by atoms with E-state index in [-0.39, 0.29) is 18.7 Å². The molecular weight excluding hydrogens is 264 g/mol. The number of rotatable bonds is 1. The average Bonchev–Trinajstić information content (AvgIpc) is 3.06. The molecule has 4 nitrogen and oxygen atoms in total. The third-order valence-corrected chi connectivity index (χ3v) is 4.12. The summed E-state index contributed by atoms with van der Waals surface area (Å²) in [6.07, 6.45) is 0.364. The maximum atomic E-state index is 11.7. The molecule has 5 heteroatoms. The van der Waals surface area contributed by atoms with E-state index in [4.69, 9.17) is 14.2 Å². The minimum absolute atomic E-state index is 0.0389. The minimum atomic E-state index is -0.206. The number of benzene rings is 1. The van der Waals surface area contributed by atoms with Gasteiger partial charge < -0.3 is 14.2 Å². The highest BCUT2D eigenvalue weighted by molar-refractivity contribution is 7.08. The van der Waals surface area contributed by atoms with E-state index in [2.05, 4.69) is 5.38 Å². The lowest BCUT2D eigenvalue weighted by Crippen LogP contribution is -2.20. The number of hydrogen-bond donors (Lipinski definition) is 0. The Morgan fingerprint density at radius 3 is 2.79 bits per heavy atom. The molecule has 2 aliphatic rings. The van der Waals surface area contributed by atoms with Crippen LogP contribution in [0.1, 0.15) is 23.5 Å². The van der Waals surface area contributed by atoms with Crippen LogP contribution in [-0.2, 0) is 4.79 Å². The van der Waals surface area contributed by atoms with Gasteiger partial charge in [-0.15, -0.1) is 0 Å². The highest BCUT2D eigenvalue weighted by Gasteiger charge is 2.31. The van der Waals surface area contributed by atoms with Gasteiger partial charge >= 0.3 is 5.97 Å². The Balaban J connectivity index is 1.87. The fourth-order valence-corrected chi connectivity index (χ4v) is 3.23. The number of carbonyl (C=O) groups excluding carboxylic acids is 1. The predicted molar refractivity (Wildman–Crippen MR) is 69.0 cm³/mol. The SMILES string of the molecule is O=C1CC(c2ccsc2)c2cc3c(cc2O1)OCO3. The normalized spacial score (nSPS) is 20.0. The zero-order chi connectivity index (χ0) is 12.8. The van der Waals surface area contributed by atoms with Crippen LogP contribution in [0.4, 0.5) is 0 Å². The van der Waals surface area contributed by atoms with Gasteiger partial charge in [0, 0.05) is 17.5 Å².